The van der Waals surface area contributed by atoms with Gasteiger partial charge >= 0.3 is 0 Å². The second kappa shape index (κ2) is 7.19. The number of hydrogen-bond acceptors (Lipinski definition) is 4. The predicted octanol–water partition coefficient (Wildman–Crippen LogP) is 4.47. The van der Waals surface area contributed by atoms with Gasteiger partial charge in [0.05, 0.1) is 5.69 Å². The van der Waals surface area contributed by atoms with Gasteiger partial charge in [-0.15, -0.1) is 11.3 Å². The van der Waals surface area contributed by atoms with E-state index in [-0.39, 0.29) is 10.7 Å². The van der Waals surface area contributed by atoms with Crippen LogP contribution in [0.3, 0.4) is 0 Å². The van der Waals surface area contributed by atoms with E-state index in [1.165, 1.54) is 21.8 Å². The third kappa shape index (κ3) is 3.73. The van der Waals surface area contributed by atoms with E-state index in [1.807, 2.05) is 35.7 Å². The topological polar surface area (TPSA) is 49.4 Å². The molecule has 0 saturated carbocycles. The number of nitrogens with zero attached hydrogens (tertiary/aromatic N) is 1. The monoisotopic (exact) mass is 434 g/mol. The number of rotatable bonds is 3. The Morgan fingerprint density at radius 1 is 1.24 bits per heavy atom. The van der Waals surface area contributed by atoms with Crippen molar-refractivity contribution >= 4 is 68.2 Å². The second-order valence-corrected chi connectivity index (χ2v) is 8.12. The first kappa shape index (κ1) is 18.0. The van der Waals surface area contributed by atoms with Gasteiger partial charge in [0.15, 0.2) is 5.11 Å². The summed E-state index contributed by atoms with van der Waals surface area (Å²) in [7, 11) is 0. The Morgan fingerprint density at radius 2 is 1.92 bits per heavy atom. The Kier molecular flexibility index (Phi) is 5.17. The Bertz CT molecular complexity index is 885. The second-order valence-electron chi connectivity index (χ2n) is 5.87. The molecule has 4 nitrogen and oxygen atoms in total. The standard InChI is InChI=1S/C18H15BrN2O2S2/c1-10(2)11-3-5-13(6-4-11)21-17(23)15(16(22)20-18(21)24)8-14-7-12(19)9-25-14/h3-10H,1-2H3,(H,20,22,24)/b15-8+. The molecule has 0 unspecified atom stereocenters. The Hall–Kier alpha value is -1.83. The number of benzene rings is 1. The summed E-state index contributed by atoms with van der Waals surface area (Å²) in [5.74, 6) is -0.504. The summed E-state index contributed by atoms with van der Waals surface area (Å²) in [4.78, 5) is 27.3. The molecule has 2 amide bonds. The average molecular weight is 435 g/mol. The first-order valence-corrected chi connectivity index (χ1v) is 9.70. The van der Waals surface area contributed by atoms with Gasteiger partial charge in [-0.25, -0.2) is 0 Å². The number of anilines is 1. The molecule has 3 rings (SSSR count). The highest BCUT2D eigenvalue weighted by Gasteiger charge is 2.34. The van der Waals surface area contributed by atoms with Crippen molar-refractivity contribution in [3.8, 4) is 0 Å². The quantitative estimate of drug-likeness (QED) is 0.440. The summed E-state index contributed by atoms with van der Waals surface area (Å²) >= 11 is 10.0. The zero-order chi connectivity index (χ0) is 18.1. The predicted molar refractivity (Wildman–Crippen MR) is 109 cm³/mol. The van der Waals surface area contributed by atoms with E-state index in [0.717, 1.165) is 9.35 Å². The number of thiocarbonyl (C=S) groups is 1. The summed E-state index contributed by atoms with van der Waals surface area (Å²) in [6.45, 7) is 4.21. The van der Waals surface area contributed by atoms with Crippen LogP contribution in [0.25, 0.3) is 6.08 Å². The van der Waals surface area contributed by atoms with Gasteiger partial charge in [0.1, 0.15) is 5.57 Å². The van der Waals surface area contributed by atoms with Crippen molar-refractivity contribution in [1.29, 1.82) is 0 Å². The minimum Gasteiger partial charge on any atom is -0.298 e. The lowest BCUT2D eigenvalue weighted by molar-refractivity contribution is -0.122. The van der Waals surface area contributed by atoms with Crippen LogP contribution in [0.1, 0.15) is 30.2 Å². The van der Waals surface area contributed by atoms with Crippen LogP contribution >= 0.6 is 39.5 Å². The van der Waals surface area contributed by atoms with Crippen LogP contribution in [0.2, 0.25) is 0 Å². The number of amides is 2. The summed E-state index contributed by atoms with van der Waals surface area (Å²) < 4.78 is 0.907. The summed E-state index contributed by atoms with van der Waals surface area (Å²) in [6.07, 6.45) is 1.59. The van der Waals surface area contributed by atoms with Crippen molar-refractivity contribution < 1.29 is 9.59 Å². The Balaban J connectivity index is 1.96. The molecule has 2 heterocycles. The van der Waals surface area contributed by atoms with Crippen LogP contribution in [0.15, 0.2) is 45.8 Å². The molecule has 0 spiro atoms. The van der Waals surface area contributed by atoms with Gasteiger partial charge in [-0.1, -0.05) is 26.0 Å². The summed E-state index contributed by atoms with van der Waals surface area (Å²) in [5, 5.41) is 4.58. The highest BCUT2D eigenvalue weighted by molar-refractivity contribution is 9.10. The number of halogens is 1. The molecule has 1 aromatic heterocycles. The molecular formula is C18H15BrN2O2S2. The number of hydrogen-bond donors (Lipinski definition) is 1. The van der Waals surface area contributed by atoms with Gasteiger partial charge in [0.2, 0.25) is 0 Å². The van der Waals surface area contributed by atoms with Gasteiger partial charge in [0.25, 0.3) is 11.8 Å². The van der Waals surface area contributed by atoms with Crippen molar-refractivity contribution in [2.24, 2.45) is 0 Å². The minimum atomic E-state index is -0.477. The maximum absolute atomic E-state index is 12.9. The lowest BCUT2D eigenvalue weighted by Gasteiger charge is -2.29. The first-order valence-electron chi connectivity index (χ1n) is 7.62. The largest absolute Gasteiger partial charge is 0.298 e. The molecule has 1 fully saturated rings. The number of carbonyl (C=O) groups excluding carboxylic acids is 2. The number of carbonyl (C=O) groups is 2. The van der Waals surface area contributed by atoms with Crippen molar-refractivity contribution in [1.82, 2.24) is 5.32 Å². The number of nitrogens with one attached hydrogen (secondary N) is 1. The fraction of sp³-hybridized carbons (Fsp3) is 0.167. The van der Waals surface area contributed by atoms with Crippen molar-refractivity contribution in [3.05, 3.63) is 56.2 Å². The van der Waals surface area contributed by atoms with Gasteiger partial charge in [-0.2, -0.15) is 0 Å². The van der Waals surface area contributed by atoms with E-state index >= 15 is 0 Å². The molecule has 2 aromatic rings. The number of thiophene rings is 1. The van der Waals surface area contributed by atoms with Crippen LogP contribution < -0.4 is 10.2 Å². The van der Waals surface area contributed by atoms with Gasteiger partial charge in [-0.05, 0) is 63.9 Å². The zero-order valence-electron chi connectivity index (χ0n) is 13.6. The molecule has 128 valence electrons. The van der Waals surface area contributed by atoms with Crippen LogP contribution in [-0.2, 0) is 9.59 Å². The van der Waals surface area contributed by atoms with Crippen molar-refractivity contribution in [3.63, 3.8) is 0 Å². The van der Waals surface area contributed by atoms with Crippen molar-refractivity contribution in [2.45, 2.75) is 19.8 Å². The molecule has 1 N–H and O–H groups in total. The van der Waals surface area contributed by atoms with E-state index in [0.29, 0.717) is 11.6 Å². The maximum Gasteiger partial charge on any atom is 0.270 e. The first-order chi connectivity index (χ1) is 11.9. The van der Waals surface area contributed by atoms with Gasteiger partial charge in [-0.3, -0.25) is 19.8 Å². The highest BCUT2D eigenvalue weighted by Crippen LogP contribution is 2.26. The Morgan fingerprint density at radius 3 is 2.48 bits per heavy atom. The molecule has 1 aliphatic heterocycles. The van der Waals surface area contributed by atoms with Gasteiger partial charge in [0, 0.05) is 14.7 Å². The van der Waals surface area contributed by atoms with Crippen molar-refractivity contribution in [2.75, 3.05) is 4.90 Å². The van der Waals surface area contributed by atoms with E-state index in [4.69, 9.17) is 12.2 Å². The minimum absolute atomic E-state index is 0.0656. The van der Waals surface area contributed by atoms with E-state index < -0.39 is 11.8 Å². The third-order valence-electron chi connectivity index (χ3n) is 3.79. The van der Waals surface area contributed by atoms with Crippen LogP contribution in [0, 0.1) is 0 Å². The third-order valence-corrected chi connectivity index (χ3v) is 5.72. The average Bonchev–Trinajstić information content (AvgIpc) is 2.97. The molecule has 1 saturated heterocycles. The highest BCUT2D eigenvalue weighted by atomic mass is 79.9. The Labute approximate surface area is 163 Å². The molecule has 0 radical (unpaired) electrons. The van der Waals surface area contributed by atoms with E-state index in [9.17, 15) is 9.59 Å². The summed E-state index contributed by atoms with van der Waals surface area (Å²) in [5.41, 5.74) is 1.87. The molecule has 25 heavy (non-hydrogen) atoms. The molecule has 0 bridgehead atoms. The normalized spacial score (nSPS) is 16.7. The zero-order valence-corrected chi connectivity index (χ0v) is 16.8. The van der Waals surface area contributed by atoms with Crippen LogP contribution in [0.4, 0.5) is 5.69 Å². The van der Waals surface area contributed by atoms with E-state index in [1.54, 1.807) is 6.08 Å². The molecule has 0 atom stereocenters. The molecule has 1 aromatic carbocycles. The SMILES string of the molecule is CC(C)c1ccc(N2C(=O)/C(=C/c3cc(Br)cs3)C(=O)NC2=S)cc1. The summed E-state index contributed by atoms with van der Waals surface area (Å²) in [6, 6.07) is 9.47. The lowest BCUT2D eigenvalue weighted by atomic mass is 10.0. The molecule has 1 aliphatic rings. The fourth-order valence-corrected chi connectivity index (χ4v) is 4.10. The lowest BCUT2D eigenvalue weighted by Crippen LogP contribution is -2.54. The smallest absolute Gasteiger partial charge is 0.270 e. The molecular weight excluding hydrogens is 420 g/mol. The molecule has 0 aliphatic carbocycles. The fourth-order valence-electron chi connectivity index (χ4n) is 2.45. The van der Waals surface area contributed by atoms with E-state index in [2.05, 4.69) is 35.1 Å². The maximum atomic E-state index is 12.9. The van der Waals surface area contributed by atoms with Crippen LogP contribution in [0.5, 0.6) is 0 Å². The van der Waals surface area contributed by atoms with Crippen LogP contribution in [-0.4, -0.2) is 16.9 Å². The molecule has 7 heteroatoms. The van der Waals surface area contributed by atoms with Gasteiger partial charge < -0.3 is 0 Å².